The summed E-state index contributed by atoms with van der Waals surface area (Å²) in [5.41, 5.74) is 9.27. The highest BCUT2D eigenvalue weighted by Gasteiger charge is 2.17. The summed E-state index contributed by atoms with van der Waals surface area (Å²) in [6, 6.07) is 0.0590. The Morgan fingerprint density at radius 2 is 2.25 bits per heavy atom. The van der Waals surface area contributed by atoms with E-state index >= 15 is 0 Å². The molecular formula is C7H15N5. The van der Waals surface area contributed by atoms with Crippen LogP contribution in [-0.2, 0) is 0 Å². The summed E-state index contributed by atoms with van der Waals surface area (Å²) in [7, 11) is 0. The zero-order valence-corrected chi connectivity index (χ0v) is 7.33. The van der Waals surface area contributed by atoms with Gasteiger partial charge < -0.3 is 5.73 Å². The van der Waals surface area contributed by atoms with E-state index in [9.17, 15) is 0 Å². The van der Waals surface area contributed by atoms with E-state index in [0.29, 0.717) is 11.7 Å². The fourth-order valence-electron chi connectivity index (χ4n) is 1.19. The lowest BCUT2D eigenvalue weighted by Gasteiger charge is -2.18. The summed E-state index contributed by atoms with van der Waals surface area (Å²) >= 11 is 0. The van der Waals surface area contributed by atoms with Crippen LogP contribution >= 0.6 is 0 Å². The van der Waals surface area contributed by atoms with Crippen molar-refractivity contribution in [2.45, 2.75) is 19.9 Å². The SMILES string of the molecule is CC(C)C(NN)c1cn[nH]c1N. The van der Waals surface area contributed by atoms with Gasteiger partial charge in [0.15, 0.2) is 0 Å². The van der Waals surface area contributed by atoms with Crippen molar-refractivity contribution in [1.82, 2.24) is 15.6 Å². The van der Waals surface area contributed by atoms with Crippen LogP contribution in [0.5, 0.6) is 0 Å². The second-order valence-corrected chi connectivity index (χ2v) is 3.13. The van der Waals surface area contributed by atoms with Crippen molar-refractivity contribution in [2.24, 2.45) is 11.8 Å². The Hall–Kier alpha value is -1.07. The van der Waals surface area contributed by atoms with Crippen molar-refractivity contribution in [3.8, 4) is 0 Å². The predicted octanol–water partition coefficient (Wildman–Crippen LogP) is 0.152. The average Bonchev–Trinajstić information content (AvgIpc) is 2.38. The van der Waals surface area contributed by atoms with Gasteiger partial charge >= 0.3 is 0 Å². The number of hydrogen-bond acceptors (Lipinski definition) is 4. The van der Waals surface area contributed by atoms with Crippen molar-refractivity contribution in [2.75, 3.05) is 5.73 Å². The first kappa shape index (κ1) is 9.02. The number of hydrazine groups is 1. The molecule has 0 saturated heterocycles. The highest BCUT2D eigenvalue weighted by molar-refractivity contribution is 5.39. The number of aromatic amines is 1. The molecule has 1 unspecified atom stereocenters. The third-order valence-electron chi connectivity index (χ3n) is 1.88. The molecule has 0 aliphatic rings. The third kappa shape index (κ3) is 1.57. The summed E-state index contributed by atoms with van der Waals surface area (Å²) < 4.78 is 0. The van der Waals surface area contributed by atoms with Crippen LogP contribution in [0, 0.1) is 5.92 Å². The van der Waals surface area contributed by atoms with Crippen LogP contribution in [0.4, 0.5) is 5.82 Å². The number of nitrogen functional groups attached to an aromatic ring is 1. The van der Waals surface area contributed by atoms with E-state index in [1.54, 1.807) is 6.20 Å². The van der Waals surface area contributed by atoms with Crippen LogP contribution in [-0.4, -0.2) is 10.2 Å². The van der Waals surface area contributed by atoms with Crippen LogP contribution in [0.1, 0.15) is 25.5 Å². The van der Waals surface area contributed by atoms with Gasteiger partial charge in [-0.25, -0.2) is 0 Å². The van der Waals surface area contributed by atoms with Gasteiger partial charge in [0, 0.05) is 5.56 Å². The molecule has 0 amide bonds. The fourth-order valence-corrected chi connectivity index (χ4v) is 1.19. The molecule has 6 N–H and O–H groups in total. The van der Waals surface area contributed by atoms with Gasteiger partial charge in [0.05, 0.1) is 12.2 Å². The van der Waals surface area contributed by atoms with E-state index in [2.05, 4.69) is 29.5 Å². The number of anilines is 1. The molecule has 68 valence electrons. The molecule has 0 spiro atoms. The van der Waals surface area contributed by atoms with E-state index in [0.717, 1.165) is 5.56 Å². The second-order valence-electron chi connectivity index (χ2n) is 3.13. The number of rotatable bonds is 3. The molecule has 0 aliphatic heterocycles. The van der Waals surface area contributed by atoms with Crippen molar-refractivity contribution < 1.29 is 0 Å². The Bertz CT molecular complexity index is 242. The van der Waals surface area contributed by atoms with Crippen LogP contribution in [0.3, 0.4) is 0 Å². The smallest absolute Gasteiger partial charge is 0.123 e. The molecule has 1 rings (SSSR count). The average molecular weight is 169 g/mol. The van der Waals surface area contributed by atoms with Crippen LogP contribution < -0.4 is 17.0 Å². The molecule has 0 fully saturated rings. The summed E-state index contributed by atoms with van der Waals surface area (Å²) in [5.74, 6) is 6.35. The normalized spacial score (nSPS) is 13.7. The maximum absolute atomic E-state index is 5.64. The van der Waals surface area contributed by atoms with Crippen molar-refractivity contribution in [3.05, 3.63) is 11.8 Å². The zero-order chi connectivity index (χ0) is 9.14. The van der Waals surface area contributed by atoms with Crippen LogP contribution in [0.2, 0.25) is 0 Å². The van der Waals surface area contributed by atoms with E-state index < -0.39 is 0 Å². The molecule has 1 aromatic rings. The summed E-state index contributed by atoms with van der Waals surface area (Å²) in [4.78, 5) is 0. The number of aromatic nitrogens is 2. The molecule has 0 saturated carbocycles. The first-order chi connectivity index (χ1) is 5.66. The van der Waals surface area contributed by atoms with Gasteiger partial charge in [0.1, 0.15) is 5.82 Å². The molecule has 0 aliphatic carbocycles. The monoisotopic (exact) mass is 169 g/mol. The molecule has 12 heavy (non-hydrogen) atoms. The largest absolute Gasteiger partial charge is 0.384 e. The van der Waals surface area contributed by atoms with E-state index in [-0.39, 0.29) is 6.04 Å². The van der Waals surface area contributed by atoms with Gasteiger partial charge in [-0.15, -0.1) is 0 Å². The number of nitrogens with zero attached hydrogens (tertiary/aromatic N) is 1. The minimum absolute atomic E-state index is 0.0590. The van der Waals surface area contributed by atoms with Crippen molar-refractivity contribution in [3.63, 3.8) is 0 Å². The maximum Gasteiger partial charge on any atom is 0.123 e. The van der Waals surface area contributed by atoms with E-state index in [1.807, 2.05) is 0 Å². The first-order valence-electron chi connectivity index (χ1n) is 3.91. The van der Waals surface area contributed by atoms with Crippen LogP contribution in [0.15, 0.2) is 6.20 Å². The van der Waals surface area contributed by atoms with Gasteiger partial charge in [-0.05, 0) is 5.92 Å². The summed E-state index contributed by atoms with van der Waals surface area (Å²) in [6.07, 6.45) is 1.69. The molecule has 0 aromatic carbocycles. The zero-order valence-electron chi connectivity index (χ0n) is 7.33. The van der Waals surface area contributed by atoms with Crippen molar-refractivity contribution >= 4 is 5.82 Å². The maximum atomic E-state index is 5.64. The molecular weight excluding hydrogens is 154 g/mol. The lowest BCUT2D eigenvalue weighted by Crippen LogP contribution is -2.31. The molecule has 5 nitrogen and oxygen atoms in total. The summed E-state index contributed by atoms with van der Waals surface area (Å²) in [6.45, 7) is 4.13. The molecule has 5 heteroatoms. The van der Waals surface area contributed by atoms with Crippen molar-refractivity contribution in [1.29, 1.82) is 0 Å². The Balaban J connectivity index is 2.87. The Kier molecular flexibility index (Phi) is 2.67. The molecule has 0 radical (unpaired) electrons. The minimum atomic E-state index is 0.0590. The van der Waals surface area contributed by atoms with Gasteiger partial charge in [-0.3, -0.25) is 16.4 Å². The fraction of sp³-hybridized carbons (Fsp3) is 0.571. The van der Waals surface area contributed by atoms with Gasteiger partial charge in [-0.2, -0.15) is 5.10 Å². The lowest BCUT2D eigenvalue weighted by molar-refractivity contribution is 0.422. The quantitative estimate of drug-likeness (QED) is 0.383. The molecule has 1 heterocycles. The molecule has 0 bridgehead atoms. The summed E-state index contributed by atoms with van der Waals surface area (Å²) in [5, 5.41) is 6.50. The lowest BCUT2D eigenvalue weighted by atomic mass is 9.99. The highest BCUT2D eigenvalue weighted by Crippen LogP contribution is 2.23. The van der Waals surface area contributed by atoms with Gasteiger partial charge in [-0.1, -0.05) is 13.8 Å². The predicted molar refractivity (Wildman–Crippen MR) is 47.9 cm³/mol. The Morgan fingerprint density at radius 3 is 2.58 bits per heavy atom. The van der Waals surface area contributed by atoms with E-state index in [1.165, 1.54) is 0 Å². The Labute approximate surface area is 71.5 Å². The number of H-pyrrole nitrogens is 1. The van der Waals surface area contributed by atoms with Gasteiger partial charge in [0.2, 0.25) is 0 Å². The standard InChI is InChI=1S/C7H15N5/c1-4(2)6(11-9)5-3-10-12-7(5)8/h3-4,6,11H,9H2,1-2H3,(H3,8,10,12). The van der Waals surface area contributed by atoms with Crippen LogP contribution in [0.25, 0.3) is 0 Å². The second kappa shape index (κ2) is 3.55. The third-order valence-corrected chi connectivity index (χ3v) is 1.88. The topological polar surface area (TPSA) is 92.7 Å². The molecule has 1 atom stereocenters. The minimum Gasteiger partial charge on any atom is -0.384 e. The highest BCUT2D eigenvalue weighted by atomic mass is 15.2. The first-order valence-corrected chi connectivity index (χ1v) is 3.91. The van der Waals surface area contributed by atoms with Gasteiger partial charge in [0.25, 0.3) is 0 Å². The number of nitrogens with one attached hydrogen (secondary N) is 2. The Morgan fingerprint density at radius 1 is 1.58 bits per heavy atom. The molecule has 1 aromatic heterocycles. The van der Waals surface area contributed by atoms with E-state index in [4.69, 9.17) is 11.6 Å². The number of nitrogens with two attached hydrogens (primary N) is 2. The number of hydrogen-bond donors (Lipinski definition) is 4.